The van der Waals surface area contributed by atoms with Gasteiger partial charge in [-0.2, -0.15) is 0 Å². The Kier molecular flexibility index (Phi) is 5.59. The molecule has 1 aromatic carbocycles. The molecule has 1 aromatic rings. The Balaban J connectivity index is 2.23. The Morgan fingerprint density at radius 2 is 1.71 bits per heavy atom. The van der Waals surface area contributed by atoms with E-state index < -0.39 is 13.7 Å². The van der Waals surface area contributed by atoms with Crippen LogP contribution >= 0.6 is 11.8 Å². The first-order valence-electron chi connectivity index (χ1n) is 7.86. The second kappa shape index (κ2) is 7.04. The highest BCUT2D eigenvalue weighted by Crippen LogP contribution is 2.39. The molecule has 1 nitrogen and oxygen atoms in total. The monoisotopic (exact) mass is 318 g/mol. The van der Waals surface area contributed by atoms with Gasteiger partial charge in [-0.15, -0.1) is 17.3 Å². The molecule has 0 aliphatic heterocycles. The molecule has 1 aliphatic carbocycles. The number of aliphatic hydroxyl groups is 1. The van der Waals surface area contributed by atoms with Gasteiger partial charge >= 0.3 is 0 Å². The van der Waals surface area contributed by atoms with E-state index >= 15 is 0 Å². The summed E-state index contributed by atoms with van der Waals surface area (Å²) < 4.78 is 0. The van der Waals surface area contributed by atoms with E-state index in [0.717, 1.165) is 25.7 Å². The van der Waals surface area contributed by atoms with Gasteiger partial charge in [0.05, 0.1) is 10.9 Å². The summed E-state index contributed by atoms with van der Waals surface area (Å²) in [5.74, 6) is 3.44. The number of rotatable bonds is 3. The van der Waals surface area contributed by atoms with Crippen molar-refractivity contribution in [3.8, 4) is 11.5 Å². The van der Waals surface area contributed by atoms with E-state index in [2.05, 4.69) is 55.4 Å². The van der Waals surface area contributed by atoms with Gasteiger partial charge in [-0.05, 0) is 25.0 Å². The fraction of sp³-hybridized carbons (Fsp3) is 0.556. The van der Waals surface area contributed by atoms with Crippen molar-refractivity contribution in [1.29, 1.82) is 0 Å². The molecule has 0 amide bonds. The Labute approximate surface area is 134 Å². The molecular weight excluding hydrogens is 292 g/mol. The van der Waals surface area contributed by atoms with Gasteiger partial charge in [0.15, 0.2) is 0 Å². The Hall–Kier alpha value is -0.693. The van der Waals surface area contributed by atoms with E-state index in [-0.39, 0.29) is 5.25 Å². The van der Waals surface area contributed by atoms with Crippen molar-refractivity contribution in [2.45, 2.75) is 67.5 Å². The molecule has 3 heteroatoms. The third kappa shape index (κ3) is 5.21. The van der Waals surface area contributed by atoms with Gasteiger partial charge < -0.3 is 5.11 Å². The average molecular weight is 319 g/mol. The third-order valence-corrected chi connectivity index (χ3v) is 6.01. The van der Waals surface area contributed by atoms with Crippen molar-refractivity contribution in [2.75, 3.05) is 0 Å². The summed E-state index contributed by atoms with van der Waals surface area (Å²) in [6, 6.07) is 10.4. The van der Waals surface area contributed by atoms with Crippen LogP contribution < -0.4 is 0 Å². The van der Waals surface area contributed by atoms with Crippen LogP contribution in [0.2, 0.25) is 19.6 Å². The van der Waals surface area contributed by atoms with Crippen LogP contribution in [0.5, 0.6) is 0 Å². The number of hydrogen-bond acceptors (Lipinski definition) is 2. The third-order valence-electron chi connectivity index (χ3n) is 3.78. The van der Waals surface area contributed by atoms with Crippen LogP contribution in [0.1, 0.15) is 32.1 Å². The molecule has 1 N–H and O–H groups in total. The van der Waals surface area contributed by atoms with Crippen LogP contribution in [-0.2, 0) is 0 Å². The number of thioether (sulfide) groups is 1. The maximum atomic E-state index is 11.1. The van der Waals surface area contributed by atoms with E-state index in [9.17, 15) is 5.11 Å². The first-order chi connectivity index (χ1) is 9.89. The normalized spacial score (nSPS) is 19.4. The summed E-state index contributed by atoms with van der Waals surface area (Å²) in [6.07, 6.45) is 5.26. The summed E-state index contributed by atoms with van der Waals surface area (Å²) in [4.78, 5) is 1.20. The lowest BCUT2D eigenvalue weighted by Gasteiger charge is -2.36. The molecule has 114 valence electrons. The molecule has 0 heterocycles. The van der Waals surface area contributed by atoms with E-state index in [1.807, 2.05) is 6.07 Å². The van der Waals surface area contributed by atoms with E-state index in [0.29, 0.717) is 0 Å². The molecule has 21 heavy (non-hydrogen) atoms. The molecule has 0 spiro atoms. The molecule has 1 fully saturated rings. The molecule has 1 saturated carbocycles. The van der Waals surface area contributed by atoms with Crippen LogP contribution in [0.15, 0.2) is 35.2 Å². The lowest BCUT2D eigenvalue weighted by molar-refractivity contribution is 0.0138. The summed E-state index contributed by atoms with van der Waals surface area (Å²) in [5.41, 5.74) is 2.85. The van der Waals surface area contributed by atoms with Crippen molar-refractivity contribution in [1.82, 2.24) is 0 Å². The van der Waals surface area contributed by atoms with E-state index in [4.69, 9.17) is 0 Å². The first kappa shape index (κ1) is 16.7. The second-order valence-corrected chi connectivity index (χ2v) is 12.9. The first-order valence-corrected chi connectivity index (χ1v) is 12.2. The van der Waals surface area contributed by atoms with Gasteiger partial charge in [0.1, 0.15) is 8.07 Å². The molecular formula is C18H26OSSi. The molecule has 0 radical (unpaired) electrons. The van der Waals surface area contributed by atoms with Crippen molar-refractivity contribution in [3.63, 3.8) is 0 Å². The van der Waals surface area contributed by atoms with Gasteiger partial charge in [0, 0.05) is 4.90 Å². The summed E-state index contributed by atoms with van der Waals surface area (Å²) in [6.45, 7) is 6.78. The Bertz CT molecular complexity index is 504. The van der Waals surface area contributed by atoms with Gasteiger partial charge in [0.2, 0.25) is 0 Å². The lowest BCUT2D eigenvalue weighted by Crippen LogP contribution is -2.41. The maximum absolute atomic E-state index is 11.1. The van der Waals surface area contributed by atoms with Crippen LogP contribution in [0.4, 0.5) is 0 Å². The topological polar surface area (TPSA) is 20.2 Å². The minimum atomic E-state index is -1.42. The smallest absolute Gasteiger partial charge is 0.129 e. The molecule has 0 aromatic heterocycles. The zero-order chi connectivity index (χ0) is 15.3. The number of hydrogen-bond donors (Lipinski definition) is 1. The van der Waals surface area contributed by atoms with Gasteiger partial charge in [-0.1, -0.05) is 63.0 Å². The van der Waals surface area contributed by atoms with Crippen molar-refractivity contribution >= 4 is 19.8 Å². The zero-order valence-corrected chi connectivity index (χ0v) is 15.2. The van der Waals surface area contributed by atoms with Gasteiger partial charge in [0.25, 0.3) is 0 Å². The lowest BCUT2D eigenvalue weighted by atomic mass is 9.82. The molecule has 1 atom stereocenters. The molecule has 0 bridgehead atoms. The fourth-order valence-corrected chi connectivity index (χ4v) is 4.46. The predicted molar refractivity (Wildman–Crippen MR) is 95.2 cm³/mol. The van der Waals surface area contributed by atoms with Crippen LogP contribution in [0.25, 0.3) is 0 Å². The van der Waals surface area contributed by atoms with E-state index in [1.165, 1.54) is 11.3 Å². The molecule has 2 rings (SSSR count). The molecule has 1 aliphatic rings. The van der Waals surface area contributed by atoms with Crippen molar-refractivity contribution < 1.29 is 5.11 Å². The highest BCUT2D eigenvalue weighted by Gasteiger charge is 2.37. The minimum absolute atomic E-state index is 0.00748. The summed E-state index contributed by atoms with van der Waals surface area (Å²) >= 11 is 1.73. The average Bonchev–Trinajstić information content (AvgIpc) is 2.44. The van der Waals surface area contributed by atoms with Gasteiger partial charge in [-0.3, -0.25) is 0 Å². The summed E-state index contributed by atoms with van der Waals surface area (Å²) in [7, 11) is -1.42. The van der Waals surface area contributed by atoms with Crippen LogP contribution in [0.3, 0.4) is 0 Å². The maximum Gasteiger partial charge on any atom is 0.129 e. The molecule has 0 saturated heterocycles. The SMILES string of the molecule is C[Si](C)(C)C#CC(Sc1ccccc1)C1(O)CCCCC1. The Morgan fingerprint density at radius 1 is 1.10 bits per heavy atom. The largest absolute Gasteiger partial charge is 0.388 e. The highest BCUT2D eigenvalue weighted by molar-refractivity contribution is 8.00. The number of benzene rings is 1. The quantitative estimate of drug-likeness (QED) is 0.494. The minimum Gasteiger partial charge on any atom is -0.388 e. The van der Waals surface area contributed by atoms with Crippen molar-refractivity contribution in [3.05, 3.63) is 30.3 Å². The van der Waals surface area contributed by atoms with Gasteiger partial charge in [-0.25, -0.2) is 0 Å². The Morgan fingerprint density at radius 3 is 2.29 bits per heavy atom. The van der Waals surface area contributed by atoms with Crippen LogP contribution in [0, 0.1) is 11.5 Å². The van der Waals surface area contributed by atoms with E-state index in [1.54, 1.807) is 11.8 Å². The summed E-state index contributed by atoms with van der Waals surface area (Å²) in [5, 5.41) is 11.1. The fourth-order valence-electron chi connectivity index (χ4n) is 2.62. The predicted octanol–water partition coefficient (Wildman–Crippen LogP) is 4.72. The molecule has 1 unspecified atom stereocenters. The highest BCUT2D eigenvalue weighted by atomic mass is 32.2. The second-order valence-electron chi connectivity index (χ2n) is 6.99. The van der Waals surface area contributed by atoms with Crippen LogP contribution in [-0.4, -0.2) is 24.0 Å². The standard InChI is InChI=1S/C18H26OSSi/c1-21(2,3)15-12-17(18(19)13-8-5-9-14-18)20-16-10-6-4-7-11-16/h4,6-7,10-11,17,19H,5,8-9,13-14H2,1-3H3. The zero-order valence-electron chi connectivity index (χ0n) is 13.4. The van der Waals surface area contributed by atoms with Crippen molar-refractivity contribution in [2.24, 2.45) is 0 Å².